The van der Waals surface area contributed by atoms with Gasteiger partial charge in [0.1, 0.15) is 5.69 Å². The largest absolute Gasteiger partial charge is 0.343 e. The zero-order valence-electron chi connectivity index (χ0n) is 9.87. The first-order valence-corrected chi connectivity index (χ1v) is 5.80. The molecule has 1 saturated heterocycles. The zero-order chi connectivity index (χ0) is 12.3. The molecule has 0 unspecified atom stereocenters. The number of carbonyl (C=O) groups excluding carboxylic acids is 2. The second-order valence-electron chi connectivity index (χ2n) is 4.46. The van der Waals surface area contributed by atoms with E-state index in [-0.39, 0.29) is 5.91 Å². The fourth-order valence-corrected chi connectivity index (χ4v) is 2.22. The lowest BCUT2D eigenvalue weighted by molar-refractivity contribution is -0.130. The molecule has 6 nitrogen and oxygen atoms in total. The number of aromatic nitrogens is 3. The third-order valence-electron chi connectivity index (χ3n) is 3.09. The maximum Gasteiger partial charge on any atom is 0.219 e. The van der Waals surface area contributed by atoms with Crippen LogP contribution in [-0.4, -0.2) is 45.2 Å². The summed E-state index contributed by atoms with van der Waals surface area (Å²) in [7, 11) is 0. The minimum atomic E-state index is 0.127. The molecule has 0 bridgehead atoms. The van der Waals surface area contributed by atoms with Gasteiger partial charge in [-0.2, -0.15) is 0 Å². The average Bonchev–Trinajstić information content (AvgIpc) is 2.77. The molecule has 6 heteroatoms. The van der Waals surface area contributed by atoms with E-state index in [1.807, 2.05) is 4.90 Å². The molecule has 1 aromatic rings. The predicted octanol–water partition coefficient (Wildman–Crippen LogP) is 0.349. The highest BCUT2D eigenvalue weighted by molar-refractivity contribution is 5.73. The van der Waals surface area contributed by atoms with Crippen molar-refractivity contribution in [2.45, 2.75) is 26.3 Å². The van der Waals surface area contributed by atoms with Gasteiger partial charge in [-0.3, -0.25) is 14.3 Å². The Bertz CT molecular complexity index is 415. The van der Waals surface area contributed by atoms with Crippen LogP contribution in [0.25, 0.3) is 0 Å². The number of hydrogen-bond donors (Lipinski definition) is 0. The first-order valence-electron chi connectivity index (χ1n) is 5.80. The van der Waals surface area contributed by atoms with E-state index in [1.165, 1.54) is 0 Å². The summed E-state index contributed by atoms with van der Waals surface area (Å²) in [6.45, 7) is 3.93. The van der Waals surface area contributed by atoms with Crippen LogP contribution in [0.3, 0.4) is 0 Å². The summed E-state index contributed by atoms with van der Waals surface area (Å²) in [6.07, 6.45) is 4.44. The van der Waals surface area contributed by atoms with Crippen LogP contribution in [0.5, 0.6) is 0 Å². The number of amides is 1. The summed E-state index contributed by atoms with van der Waals surface area (Å²) in [6, 6.07) is 0. The molecule has 1 aromatic heterocycles. The van der Waals surface area contributed by atoms with Crippen LogP contribution in [0.15, 0.2) is 6.20 Å². The smallest absolute Gasteiger partial charge is 0.219 e. The normalized spacial score (nSPS) is 20.3. The second kappa shape index (κ2) is 5.07. The summed E-state index contributed by atoms with van der Waals surface area (Å²) in [5, 5.41) is 7.60. The number of aldehydes is 1. The van der Waals surface area contributed by atoms with Crippen molar-refractivity contribution in [2.75, 3.05) is 13.1 Å². The van der Waals surface area contributed by atoms with Gasteiger partial charge in [0.15, 0.2) is 6.29 Å². The van der Waals surface area contributed by atoms with Crippen LogP contribution in [0, 0.1) is 5.92 Å². The Kier molecular flexibility index (Phi) is 3.51. The standard InChI is InChI=1S/C11H16N4O2/c1-9(17)14-4-2-3-10(5-14)6-15-7-11(8-16)12-13-15/h7-8,10H,2-6H2,1H3/t10-/m0/s1. The Balaban J connectivity index is 1.94. The van der Waals surface area contributed by atoms with Crippen molar-refractivity contribution >= 4 is 12.2 Å². The molecule has 0 aromatic carbocycles. The Morgan fingerprint density at radius 3 is 3.12 bits per heavy atom. The monoisotopic (exact) mass is 236 g/mol. The Morgan fingerprint density at radius 2 is 2.47 bits per heavy atom. The molecule has 0 saturated carbocycles. The lowest BCUT2D eigenvalue weighted by Crippen LogP contribution is -2.39. The van der Waals surface area contributed by atoms with E-state index in [9.17, 15) is 9.59 Å². The first kappa shape index (κ1) is 11.8. The van der Waals surface area contributed by atoms with Gasteiger partial charge in [-0.25, -0.2) is 0 Å². The molecule has 0 radical (unpaired) electrons. The number of hydrogen-bond acceptors (Lipinski definition) is 4. The highest BCUT2D eigenvalue weighted by Gasteiger charge is 2.22. The molecule has 1 fully saturated rings. The molecule has 0 N–H and O–H groups in total. The predicted molar refractivity (Wildman–Crippen MR) is 60.4 cm³/mol. The number of nitrogens with zero attached hydrogens (tertiary/aromatic N) is 4. The molecule has 1 aliphatic rings. The maximum absolute atomic E-state index is 11.3. The molecule has 17 heavy (non-hydrogen) atoms. The minimum Gasteiger partial charge on any atom is -0.343 e. The second-order valence-corrected chi connectivity index (χ2v) is 4.46. The quantitative estimate of drug-likeness (QED) is 0.710. The third kappa shape index (κ3) is 2.89. The van der Waals surface area contributed by atoms with Gasteiger partial charge in [0.2, 0.25) is 5.91 Å². The van der Waals surface area contributed by atoms with Crippen LogP contribution >= 0.6 is 0 Å². The van der Waals surface area contributed by atoms with Crippen molar-refractivity contribution in [1.29, 1.82) is 0 Å². The summed E-state index contributed by atoms with van der Waals surface area (Å²) in [4.78, 5) is 23.6. The summed E-state index contributed by atoms with van der Waals surface area (Å²) in [5.41, 5.74) is 0.351. The zero-order valence-corrected chi connectivity index (χ0v) is 9.87. The van der Waals surface area contributed by atoms with Crippen molar-refractivity contribution in [3.05, 3.63) is 11.9 Å². The lowest BCUT2D eigenvalue weighted by atomic mass is 9.98. The van der Waals surface area contributed by atoms with E-state index in [2.05, 4.69) is 10.3 Å². The number of piperidine rings is 1. The first-order chi connectivity index (χ1) is 8.19. The van der Waals surface area contributed by atoms with Gasteiger partial charge in [-0.05, 0) is 18.8 Å². The molecule has 1 atom stereocenters. The van der Waals surface area contributed by atoms with Gasteiger partial charge < -0.3 is 4.90 Å². The van der Waals surface area contributed by atoms with Gasteiger partial charge in [0, 0.05) is 26.6 Å². The molecular formula is C11H16N4O2. The van der Waals surface area contributed by atoms with Gasteiger partial charge in [0.05, 0.1) is 6.20 Å². The SMILES string of the molecule is CC(=O)N1CCC[C@H](Cn2cc(C=O)nn2)C1. The van der Waals surface area contributed by atoms with Crippen molar-refractivity contribution in [1.82, 2.24) is 19.9 Å². The van der Waals surface area contributed by atoms with E-state index in [0.29, 0.717) is 24.4 Å². The Hall–Kier alpha value is -1.72. The van der Waals surface area contributed by atoms with E-state index in [4.69, 9.17) is 0 Å². The van der Waals surface area contributed by atoms with E-state index < -0.39 is 0 Å². The molecule has 0 aliphatic carbocycles. The van der Waals surface area contributed by atoms with Gasteiger partial charge in [-0.1, -0.05) is 5.21 Å². The molecular weight excluding hydrogens is 220 g/mol. The van der Waals surface area contributed by atoms with E-state index in [1.54, 1.807) is 17.8 Å². The average molecular weight is 236 g/mol. The van der Waals surface area contributed by atoms with Gasteiger partial charge in [-0.15, -0.1) is 5.10 Å². The maximum atomic E-state index is 11.3. The number of rotatable bonds is 3. The molecule has 1 aliphatic heterocycles. The van der Waals surface area contributed by atoms with Crippen LogP contribution in [0.4, 0.5) is 0 Å². The van der Waals surface area contributed by atoms with E-state index >= 15 is 0 Å². The van der Waals surface area contributed by atoms with Crippen molar-refractivity contribution < 1.29 is 9.59 Å². The van der Waals surface area contributed by atoms with Crippen LogP contribution < -0.4 is 0 Å². The van der Waals surface area contributed by atoms with E-state index in [0.717, 1.165) is 25.9 Å². The number of carbonyl (C=O) groups is 2. The fourth-order valence-electron chi connectivity index (χ4n) is 2.22. The summed E-state index contributed by atoms with van der Waals surface area (Å²) >= 11 is 0. The van der Waals surface area contributed by atoms with Crippen molar-refractivity contribution in [2.24, 2.45) is 5.92 Å². The lowest BCUT2D eigenvalue weighted by Gasteiger charge is -2.31. The fraction of sp³-hybridized carbons (Fsp3) is 0.636. The highest BCUT2D eigenvalue weighted by Crippen LogP contribution is 2.17. The minimum absolute atomic E-state index is 0.127. The molecule has 2 rings (SSSR count). The van der Waals surface area contributed by atoms with Crippen LogP contribution in [0.2, 0.25) is 0 Å². The van der Waals surface area contributed by atoms with Crippen LogP contribution in [-0.2, 0) is 11.3 Å². The topological polar surface area (TPSA) is 68.1 Å². The molecule has 1 amide bonds. The summed E-state index contributed by atoms with van der Waals surface area (Å²) in [5.74, 6) is 0.524. The van der Waals surface area contributed by atoms with Crippen molar-refractivity contribution in [3.8, 4) is 0 Å². The number of likely N-dealkylation sites (tertiary alicyclic amines) is 1. The van der Waals surface area contributed by atoms with Gasteiger partial charge >= 0.3 is 0 Å². The van der Waals surface area contributed by atoms with Crippen LogP contribution in [0.1, 0.15) is 30.3 Å². The Labute approximate surface area is 99.6 Å². The molecule has 92 valence electrons. The molecule has 2 heterocycles. The highest BCUT2D eigenvalue weighted by atomic mass is 16.2. The van der Waals surface area contributed by atoms with Crippen molar-refractivity contribution in [3.63, 3.8) is 0 Å². The molecule has 0 spiro atoms. The Morgan fingerprint density at radius 1 is 1.65 bits per heavy atom. The third-order valence-corrected chi connectivity index (χ3v) is 3.09. The van der Waals surface area contributed by atoms with Gasteiger partial charge in [0.25, 0.3) is 0 Å². The summed E-state index contributed by atoms with van der Waals surface area (Å²) < 4.78 is 1.68.